The van der Waals surface area contributed by atoms with Gasteiger partial charge in [0, 0.05) is 67.4 Å². The predicted molar refractivity (Wildman–Crippen MR) is 251 cm³/mol. The number of fused-ring (bicyclic) bond motifs is 2. The van der Waals surface area contributed by atoms with E-state index in [4.69, 9.17) is 32.7 Å². The van der Waals surface area contributed by atoms with E-state index >= 15 is 0 Å². The zero-order valence-corrected chi connectivity index (χ0v) is 38.9. The molecule has 1 aromatic heterocycles. The number of benzene rings is 4. The quantitative estimate of drug-likeness (QED) is 0.124. The Balaban J connectivity index is 1.19. The second-order valence-corrected chi connectivity index (χ2v) is 18.4. The third kappa shape index (κ3) is 11.7. The van der Waals surface area contributed by atoms with Crippen molar-refractivity contribution in [1.29, 1.82) is 0 Å². The topological polar surface area (TPSA) is 121 Å². The predicted octanol–water partition coefficient (Wildman–Crippen LogP) is 7.55. The lowest BCUT2D eigenvalue weighted by Crippen LogP contribution is -2.65. The van der Waals surface area contributed by atoms with Gasteiger partial charge in [-0.15, -0.1) is 0 Å². The summed E-state index contributed by atoms with van der Waals surface area (Å²) in [5, 5.41) is 7.48. The van der Waals surface area contributed by atoms with Gasteiger partial charge in [-0.25, -0.2) is 4.98 Å². The first-order chi connectivity index (χ1) is 30.8. The van der Waals surface area contributed by atoms with E-state index in [9.17, 15) is 14.4 Å². The van der Waals surface area contributed by atoms with Crippen LogP contribution in [0.1, 0.15) is 48.7 Å². The Kier molecular flexibility index (Phi) is 15.5. The van der Waals surface area contributed by atoms with Gasteiger partial charge in [-0.3, -0.25) is 19.3 Å². The number of ether oxygens (including phenoxy) is 2. The summed E-state index contributed by atoms with van der Waals surface area (Å²) in [4.78, 5) is 54.4. The number of piperidine rings is 1. The van der Waals surface area contributed by atoms with Crippen LogP contribution in [-0.2, 0) is 52.1 Å². The van der Waals surface area contributed by atoms with Gasteiger partial charge >= 0.3 is 0 Å². The molecule has 4 atom stereocenters. The molecule has 0 radical (unpaired) electrons. The lowest BCUT2D eigenvalue weighted by molar-refractivity contribution is -0.141. The molecule has 2 aliphatic heterocycles. The van der Waals surface area contributed by atoms with Crippen molar-refractivity contribution >= 4 is 40.9 Å². The minimum Gasteiger partial charge on any atom is -0.457 e. The van der Waals surface area contributed by atoms with Crippen LogP contribution in [0, 0.1) is 5.92 Å². The second kappa shape index (κ2) is 21.2. The molecule has 0 spiro atoms. The maximum Gasteiger partial charge on any atom is 0.245 e. The molecule has 2 aliphatic rings. The van der Waals surface area contributed by atoms with Crippen molar-refractivity contribution in [2.24, 2.45) is 13.0 Å². The fourth-order valence-corrected chi connectivity index (χ4v) is 9.19. The summed E-state index contributed by atoms with van der Waals surface area (Å²) < 4.78 is 14.2. The van der Waals surface area contributed by atoms with Gasteiger partial charge in [0.15, 0.2) is 0 Å². The summed E-state index contributed by atoms with van der Waals surface area (Å²) in [6.45, 7) is 4.12. The summed E-state index contributed by atoms with van der Waals surface area (Å²) >= 11 is 12.9. The molecule has 12 nitrogen and oxygen atoms in total. The van der Waals surface area contributed by atoms with Gasteiger partial charge in [0.25, 0.3) is 0 Å². The molecular weight excluding hydrogens is 849 g/mol. The van der Waals surface area contributed by atoms with E-state index in [1.807, 2.05) is 135 Å². The normalized spacial score (nSPS) is 21.3. The highest BCUT2D eigenvalue weighted by Crippen LogP contribution is 2.33. The van der Waals surface area contributed by atoms with Gasteiger partial charge in [0.2, 0.25) is 17.7 Å². The zero-order valence-electron chi connectivity index (χ0n) is 37.4. The lowest BCUT2D eigenvalue weighted by atomic mass is 9.81. The summed E-state index contributed by atoms with van der Waals surface area (Å²) in [7, 11) is 7.56. The number of amides is 3. The van der Waals surface area contributed by atoms with Crippen molar-refractivity contribution in [2.45, 2.75) is 69.7 Å². The molecule has 3 amide bonds. The SMILES string of the molecule is COC[C@@H]1NC(=O)[C@H](C)N(Cc2ccc(Cl)cc2Oc2ccc(-c3cnc(CN(C)C)n3C)cc2)CC[C@@H](Cc2ccccc2)C(=O)N2CCC[C@@](Cc3ccc(Cl)cc3)(C2)NC1=O. The number of methoxy groups -OCH3 is 1. The molecule has 2 saturated heterocycles. The van der Waals surface area contributed by atoms with Crippen molar-refractivity contribution in [2.75, 3.05) is 47.4 Å². The number of hydrogen-bond acceptors (Lipinski definition) is 8. The Bertz CT molecular complexity index is 2380. The van der Waals surface area contributed by atoms with Crippen LogP contribution in [0.25, 0.3) is 11.3 Å². The van der Waals surface area contributed by atoms with E-state index in [1.165, 1.54) is 7.11 Å². The van der Waals surface area contributed by atoms with Gasteiger partial charge in [0.1, 0.15) is 23.4 Å². The summed E-state index contributed by atoms with van der Waals surface area (Å²) in [5.74, 6) is 1.04. The van der Waals surface area contributed by atoms with Crippen molar-refractivity contribution in [3.63, 3.8) is 0 Å². The van der Waals surface area contributed by atoms with E-state index in [-0.39, 0.29) is 24.3 Å². The molecule has 0 unspecified atom stereocenters. The zero-order chi connectivity index (χ0) is 45.4. The molecule has 3 heterocycles. The fraction of sp³-hybridized carbons (Fsp3) is 0.400. The average Bonchev–Trinajstić information content (AvgIpc) is 3.63. The highest BCUT2D eigenvalue weighted by atomic mass is 35.5. The number of halogens is 2. The molecule has 2 N–H and O–H groups in total. The maximum absolute atomic E-state index is 14.9. The number of hydrogen-bond donors (Lipinski definition) is 2. The summed E-state index contributed by atoms with van der Waals surface area (Å²) in [6, 6.07) is 29.3. The van der Waals surface area contributed by atoms with Crippen LogP contribution < -0.4 is 15.4 Å². The van der Waals surface area contributed by atoms with E-state index in [2.05, 4.69) is 25.1 Å². The van der Waals surface area contributed by atoms with Crippen molar-refractivity contribution in [3.8, 4) is 22.8 Å². The molecule has 5 aromatic rings. The molecule has 0 aliphatic carbocycles. The second-order valence-electron chi connectivity index (χ2n) is 17.5. The van der Waals surface area contributed by atoms with E-state index in [1.54, 1.807) is 6.07 Å². The van der Waals surface area contributed by atoms with Gasteiger partial charge in [-0.2, -0.15) is 0 Å². The Morgan fingerprint density at radius 1 is 0.891 bits per heavy atom. The van der Waals surface area contributed by atoms with E-state index in [0.29, 0.717) is 79.8 Å². The largest absolute Gasteiger partial charge is 0.457 e. The first kappa shape index (κ1) is 46.7. The Labute approximate surface area is 386 Å². The van der Waals surface area contributed by atoms with Crippen molar-refractivity contribution < 1.29 is 23.9 Å². The summed E-state index contributed by atoms with van der Waals surface area (Å²) in [6.07, 6.45) is 4.73. The standard InChI is InChI=1S/C50H59Cl2N7O5/c1-34-47(60)54-43(32-63-5)48(61)55-50(28-36-12-17-40(51)18-13-36)23-9-24-59(33-50)49(62)38(26-35-10-7-6-8-11-35)22-25-58(34)30-39-14-19-41(52)27-45(39)64-42-20-15-37(16-21-42)44-29-53-46(57(44)4)31-56(2)3/h6-8,10-21,27,29,34,38,43H,9,22-26,28,30-33H2,1-5H3,(H,54,60)(H,55,61)/t34-,38-,43-,50+/m0/s1. The molecular formula is C50H59Cl2N7O5. The van der Waals surface area contributed by atoms with Gasteiger partial charge in [-0.05, 0) is 113 Å². The molecule has 338 valence electrons. The number of carbonyl (C=O) groups is 3. The molecule has 2 bridgehead atoms. The Morgan fingerprint density at radius 2 is 1.62 bits per heavy atom. The molecule has 4 aromatic carbocycles. The van der Waals surface area contributed by atoms with Crippen molar-refractivity contribution in [1.82, 2.24) is 34.9 Å². The number of rotatable bonds is 13. The Hall–Kier alpha value is -5.24. The number of carbonyl (C=O) groups excluding carboxylic acids is 3. The van der Waals surface area contributed by atoms with Gasteiger partial charge in [-0.1, -0.05) is 71.7 Å². The third-order valence-corrected chi connectivity index (χ3v) is 12.9. The molecule has 0 saturated carbocycles. The van der Waals surface area contributed by atoms with Crippen LogP contribution in [0.5, 0.6) is 11.5 Å². The van der Waals surface area contributed by atoms with E-state index in [0.717, 1.165) is 40.3 Å². The highest BCUT2D eigenvalue weighted by Gasteiger charge is 2.42. The monoisotopic (exact) mass is 907 g/mol. The minimum absolute atomic E-state index is 0.0276. The number of nitrogens with zero attached hydrogens (tertiary/aromatic N) is 5. The number of aromatic nitrogens is 2. The maximum atomic E-state index is 14.9. The van der Waals surface area contributed by atoms with Crippen LogP contribution in [0.3, 0.4) is 0 Å². The number of nitrogens with one attached hydrogen (secondary N) is 2. The van der Waals surface area contributed by atoms with Gasteiger partial charge < -0.3 is 34.5 Å². The van der Waals surface area contributed by atoms with Crippen LogP contribution >= 0.6 is 23.2 Å². The Morgan fingerprint density at radius 3 is 2.34 bits per heavy atom. The number of imidazole rings is 1. The van der Waals surface area contributed by atoms with E-state index < -0.39 is 23.5 Å². The minimum atomic E-state index is -0.980. The van der Waals surface area contributed by atoms with Gasteiger partial charge in [0.05, 0.1) is 36.6 Å². The molecule has 14 heteroatoms. The first-order valence-electron chi connectivity index (χ1n) is 21.9. The van der Waals surface area contributed by atoms with Crippen LogP contribution in [0.15, 0.2) is 103 Å². The van der Waals surface area contributed by atoms with Crippen LogP contribution in [0.4, 0.5) is 0 Å². The average molecular weight is 909 g/mol. The smallest absolute Gasteiger partial charge is 0.245 e. The van der Waals surface area contributed by atoms with Crippen LogP contribution in [0.2, 0.25) is 10.0 Å². The first-order valence-corrected chi connectivity index (χ1v) is 22.7. The third-order valence-electron chi connectivity index (χ3n) is 12.4. The molecule has 64 heavy (non-hydrogen) atoms. The fourth-order valence-electron chi connectivity index (χ4n) is 8.90. The molecule has 7 rings (SSSR count). The highest BCUT2D eigenvalue weighted by molar-refractivity contribution is 6.31. The lowest BCUT2D eigenvalue weighted by Gasteiger charge is -2.45. The van der Waals surface area contributed by atoms with Crippen molar-refractivity contribution in [3.05, 3.63) is 136 Å². The molecule has 2 fully saturated rings. The summed E-state index contributed by atoms with van der Waals surface area (Å²) in [5.41, 5.74) is 4.05. The van der Waals surface area contributed by atoms with Crippen LogP contribution in [-0.4, -0.2) is 107 Å².